The molecular weight excluding hydrogens is 371 g/mol. The number of rotatable bonds is 9. The van der Waals surface area contributed by atoms with Crippen molar-refractivity contribution in [1.82, 2.24) is 9.97 Å². The average Bonchev–Trinajstić information content (AvgIpc) is 2.64. The van der Waals surface area contributed by atoms with Gasteiger partial charge < -0.3 is 14.4 Å². The Labute approximate surface area is 163 Å². The third kappa shape index (κ3) is 5.74. The SMILES string of the molecule is CCCCCOc1ncc(C(F)(F)F)c(N(C)c2ccccc2OC(C)C)n1. The third-order valence-electron chi connectivity index (χ3n) is 3.94. The lowest BCUT2D eigenvalue weighted by atomic mass is 10.2. The fourth-order valence-electron chi connectivity index (χ4n) is 2.60. The van der Waals surface area contributed by atoms with Crippen molar-refractivity contribution >= 4 is 11.5 Å². The number of anilines is 2. The summed E-state index contributed by atoms with van der Waals surface area (Å²) in [5.41, 5.74) is -0.465. The highest BCUT2D eigenvalue weighted by molar-refractivity contribution is 5.68. The highest BCUT2D eigenvalue weighted by atomic mass is 19.4. The van der Waals surface area contributed by atoms with E-state index in [-0.39, 0.29) is 17.9 Å². The van der Waals surface area contributed by atoms with E-state index in [1.54, 1.807) is 24.3 Å². The fourth-order valence-corrected chi connectivity index (χ4v) is 2.60. The molecule has 0 fully saturated rings. The number of unbranched alkanes of at least 4 members (excludes halogenated alkanes) is 2. The molecule has 0 saturated carbocycles. The van der Waals surface area contributed by atoms with Gasteiger partial charge in [0, 0.05) is 13.2 Å². The molecule has 2 aromatic rings. The van der Waals surface area contributed by atoms with Crippen LogP contribution in [0, 0.1) is 0 Å². The number of hydrogen-bond donors (Lipinski definition) is 0. The summed E-state index contributed by atoms with van der Waals surface area (Å²) in [5.74, 6) is 0.185. The second kappa shape index (κ2) is 9.61. The van der Waals surface area contributed by atoms with Crippen molar-refractivity contribution in [3.05, 3.63) is 36.0 Å². The van der Waals surface area contributed by atoms with Crippen molar-refractivity contribution in [2.75, 3.05) is 18.6 Å². The van der Waals surface area contributed by atoms with Gasteiger partial charge in [-0.2, -0.15) is 18.2 Å². The topological polar surface area (TPSA) is 47.5 Å². The number of benzene rings is 1. The fraction of sp³-hybridized carbons (Fsp3) is 0.500. The molecule has 0 unspecified atom stereocenters. The summed E-state index contributed by atoms with van der Waals surface area (Å²) in [7, 11) is 1.51. The molecular formula is C20H26F3N3O2. The Hall–Kier alpha value is -2.51. The summed E-state index contributed by atoms with van der Waals surface area (Å²) in [6.07, 6.45) is -1.19. The first kappa shape index (κ1) is 21.8. The van der Waals surface area contributed by atoms with E-state index in [0.717, 1.165) is 25.5 Å². The van der Waals surface area contributed by atoms with Crippen LogP contribution in [0.2, 0.25) is 0 Å². The van der Waals surface area contributed by atoms with E-state index in [9.17, 15) is 13.2 Å². The second-order valence-electron chi connectivity index (χ2n) is 6.64. The van der Waals surface area contributed by atoms with Gasteiger partial charge in [-0.15, -0.1) is 0 Å². The van der Waals surface area contributed by atoms with Crippen LogP contribution in [0.25, 0.3) is 0 Å². The summed E-state index contributed by atoms with van der Waals surface area (Å²) >= 11 is 0. The smallest absolute Gasteiger partial charge is 0.421 e. The summed E-state index contributed by atoms with van der Waals surface area (Å²) in [4.78, 5) is 9.14. The maximum absolute atomic E-state index is 13.5. The second-order valence-corrected chi connectivity index (χ2v) is 6.64. The maximum Gasteiger partial charge on any atom is 0.421 e. The normalized spacial score (nSPS) is 11.6. The van der Waals surface area contributed by atoms with Gasteiger partial charge in [-0.1, -0.05) is 31.9 Å². The number of hydrogen-bond acceptors (Lipinski definition) is 5. The van der Waals surface area contributed by atoms with Gasteiger partial charge in [0.25, 0.3) is 0 Å². The summed E-state index contributed by atoms with van der Waals surface area (Å²) in [5, 5.41) is 0. The van der Waals surface area contributed by atoms with Gasteiger partial charge >= 0.3 is 12.2 Å². The molecule has 0 bridgehead atoms. The highest BCUT2D eigenvalue weighted by Gasteiger charge is 2.37. The van der Waals surface area contributed by atoms with Gasteiger partial charge in [-0.25, -0.2) is 4.98 Å². The predicted molar refractivity (Wildman–Crippen MR) is 102 cm³/mol. The summed E-state index contributed by atoms with van der Waals surface area (Å²) in [6, 6.07) is 6.81. The molecule has 0 aliphatic heterocycles. The van der Waals surface area contributed by atoms with E-state index in [1.165, 1.54) is 11.9 Å². The molecule has 1 aromatic heterocycles. The molecule has 2 rings (SSSR count). The van der Waals surface area contributed by atoms with Gasteiger partial charge in [-0.3, -0.25) is 0 Å². The molecule has 5 nitrogen and oxygen atoms in total. The zero-order valence-electron chi connectivity index (χ0n) is 16.6. The minimum absolute atomic E-state index is 0.0757. The van der Waals surface area contributed by atoms with Crippen molar-refractivity contribution in [3.8, 4) is 11.8 Å². The van der Waals surface area contributed by atoms with Crippen molar-refractivity contribution < 1.29 is 22.6 Å². The number of alkyl halides is 3. The molecule has 28 heavy (non-hydrogen) atoms. The molecule has 0 aliphatic rings. The number of para-hydroxylation sites is 2. The highest BCUT2D eigenvalue weighted by Crippen LogP contribution is 2.40. The van der Waals surface area contributed by atoms with Crippen molar-refractivity contribution in [3.63, 3.8) is 0 Å². The molecule has 154 valence electrons. The van der Waals surface area contributed by atoms with Crippen molar-refractivity contribution in [2.24, 2.45) is 0 Å². The van der Waals surface area contributed by atoms with Gasteiger partial charge in [0.15, 0.2) is 5.82 Å². The molecule has 0 N–H and O–H groups in total. The van der Waals surface area contributed by atoms with Crippen LogP contribution in [0.4, 0.5) is 24.7 Å². The molecule has 0 aliphatic carbocycles. The molecule has 0 amide bonds. The molecule has 1 heterocycles. The van der Waals surface area contributed by atoms with Crippen LogP contribution in [-0.4, -0.2) is 29.7 Å². The predicted octanol–water partition coefficient (Wildman–Crippen LogP) is 5.62. The molecule has 1 aromatic carbocycles. The van der Waals surface area contributed by atoms with Gasteiger partial charge in [-0.05, 0) is 32.4 Å². The Bertz CT molecular complexity index is 767. The van der Waals surface area contributed by atoms with E-state index >= 15 is 0 Å². The molecule has 0 spiro atoms. The van der Waals surface area contributed by atoms with Gasteiger partial charge in [0.2, 0.25) is 0 Å². The average molecular weight is 397 g/mol. The summed E-state index contributed by atoms with van der Waals surface area (Å²) in [6.45, 7) is 6.11. The zero-order chi connectivity index (χ0) is 20.7. The Balaban J connectivity index is 2.40. The molecule has 0 atom stereocenters. The van der Waals surface area contributed by atoms with Crippen molar-refractivity contribution in [2.45, 2.75) is 52.3 Å². The number of nitrogens with zero attached hydrogens (tertiary/aromatic N) is 3. The largest absolute Gasteiger partial charge is 0.489 e. The summed E-state index contributed by atoms with van der Waals surface area (Å²) < 4.78 is 51.8. The van der Waals surface area contributed by atoms with E-state index in [4.69, 9.17) is 9.47 Å². The van der Waals surface area contributed by atoms with Crippen LogP contribution in [0.1, 0.15) is 45.6 Å². The van der Waals surface area contributed by atoms with Crippen LogP contribution in [0.5, 0.6) is 11.8 Å². The van der Waals surface area contributed by atoms with E-state index in [2.05, 4.69) is 16.9 Å². The Kier molecular flexibility index (Phi) is 7.48. The Morgan fingerprint density at radius 3 is 2.50 bits per heavy atom. The first-order valence-corrected chi connectivity index (χ1v) is 9.30. The lowest BCUT2D eigenvalue weighted by Gasteiger charge is -2.25. The van der Waals surface area contributed by atoms with Crippen LogP contribution in [0.3, 0.4) is 0 Å². The maximum atomic E-state index is 13.5. The van der Waals surface area contributed by atoms with Crippen LogP contribution in [-0.2, 0) is 6.18 Å². The van der Waals surface area contributed by atoms with E-state index in [1.807, 2.05) is 13.8 Å². The number of halogens is 3. The quantitative estimate of drug-likeness (QED) is 0.514. The Morgan fingerprint density at radius 2 is 1.86 bits per heavy atom. The van der Waals surface area contributed by atoms with Gasteiger partial charge in [0.05, 0.1) is 18.4 Å². The molecule has 8 heteroatoms. The number of ether oxygens (including phenoxy) is 2. The minimum atomic E-state index is -4.60. The van der Waals surface area contributed by atoms with Crippen molar-refractivity contribution in [1.29, 1.82) is 0 Å². The van der Waals surface area contributed by atoms with Crippen LogP contribution in [0.15, 0.2) is 30.5 Å². The Morgan fingerprint density at radius 1 is 1.14 bits per heavy atom. The molecule has 0 saturated heterocycles. The first-order chi connectivity index (χ1) is 13.2. The van der Waals surface area contributed by atoms with Gasteiger partial charge in [0.1, 0.15) is 11.3 Å². The molecule has 0 radical (unpaired) electrons. The van der Waals surface area contributed by atoms with E-state index < -0.39 is 11.7 Å². The lowest BCUT2D eigenvalue weighted by Crippen LogP contribution is -2.20. The zero-order valence-corrected chi connectivity index (χ0v) is 16.6. The monoisotopic (exact) mass is 397 g/mol. The third-order valence-corrected chi connectivity index (χ3v) is 3.94. The minimum Gasteiger partial charge on any atom is -0.489 e. The standard InChI is InChI=1S/C20H26F3N3O2/c1-5-6-9-12-27-19-24-13-15(20(21,22)23)18(25-19)26(4)16-10-7-8-11-17(16)28-14(2)3/h7-8,10-11,13-14H,5-6,9,12H2,1-4H3. The first-order valence-electron chi connectivity index (χ1n) is 9.30. The van der Waals surface area contributed by atoms with E-state index in [0.29, 0.717) is 18.0 Å². The lowest BCUT2D eigenvalue weighted by molar-refractivity contribution is -0.137. The van der Waals surface area contributed by atoms with Crippen LogP contribution >= 0.6 is 0 Å². The number of aromatic nitrogens is 2. The van der Waals surface area contributed by atoms with Crippen LogP contribution < -0.4 is 14.4 Å².